The molecular weight excluding hydrogens is 483 g/mol. The minimum Gasteiger partial charge on any atom is -0.384 e. The highest BCUT2D eigenvalue weighted by molar-refractivity contribution is 6.30. The van der Waals surface area contributed by atoms with Gasteiger partial charge in [-0.2, -0.15) is 9.07 Å². The van der Waals surface area contributed by atoms with E-state index in [-0.39, 0.29) is 29.4 Å². The van der Waals surface area contributed by atoms with E-state index >= 15 is 0 Å². The summed E-state index contributed by atoms with van der Waals surface area (Å²) in [6, 6.07) is 8.60. The normalized spacial score (nSPS) is 21.8. The molecule has 4 aromatic rings. The van der Waals surface area contributed by atoms with Crippen molar-refractivity contribution in [2.45, 2.75) is 31.6 Å². The molecule has 0 radical (unpaired) electrons. The molecule has 0 saturated heterocycles. The molecule has 36 heavy (non-hydrogen) atoms. The second-order valence-corrected chi connectivity index (χ2v) is 9.69. The monoisotopic (exact) mass is 504 g/mol. The molecule has 0 amide bonds. The molecule has 3 N–H and O–H groups in total. The molecular formula is C25H22ClFN8O. The number of hydrogen-bond donors (Lipinski definition) is 2. The number of ketones is 1. The fourth-order valence-corrected chi connectivity index (χ4v) is 5.76. The van der Waals surface area contributed by atoms with Crippen LogP contribution in [0.1, 0.15) is 43.0 Å². The number of nitrogen functional groups attached to an aromatic ring is 1. The predicted octanol–water partition coefficient (Wildman–Crippen LogP) is 4.38. The van der Waals surface area contributed by atoms with Crippen LogP contribution in [0.5, 0.6) is 0 Å². The number of carbonyl (C=O) groups is 1. The molecule has 182 valence electrons. The molecule has 1 fully saturated rings. The van der Waals surface area contributed by atoms with Gasteiger partial charge in [0, 0.05) is 22.4 Å². The van der Waals surface area contributed by atoms with Crippen LogP contribution in [0.3, 0.4) is 0 Å². The lowest BCUT2D eigenvalue weighted by molar-refractivity contribution is -0.119. The summed E-state index contributed by atoms with van der Waals surface area (Å²) in [5.41, 5.74) is 8.90. The summed E-state index contributed by atoms with van der Waals surface area (Å²) < 4.78 is 15.9. The highest BCUT2D eigenvalue weighted by Crippen LogP contribution is 2.48. The highest BCUT2D eigenvalue weighted by Gasteiger charge is 2.43. The fraction of sp³-hybridized carbons (Fsp3) is 0.280. The number of pyridine rings is 1. The number of nitrogens with zero attached hydrogens (tertiary/aromatic N) is 6. The van der Waals surface area contributed by atoms with Crippen molar-refractivity contribution in [3.63, 3.8) is 0 Å². The molecule has 1 unspecified atom stereocenters. The number of rotatable bonds is 4. The minimum absolute atomic E-state index is 0.0657. The van der Waals surface area contributed by atoms with Gasteiger partial charge in [0.1, 0.15) is 18.0 Å². The first-order valence-corrected chi connectivity index (χ1v) is 12.1. The van der Waals surface area contributed by atoms with Crippen molar-refractivity contribution in [2.24, 2.45) is 11.8 Å². The molecule has 3 heterocycles. The summed E-state index contributed by atoms with van der Waals surface area (Å²) in [5, 5.41) is 12.1. The summed E-state index contributed by atoms with van der Waals surface area (Å²) in [7, 11) is 0. The van der Waals surface area contributed by atoms with E-state index in [0.717, 1.165) is 42.5 Å². The average molecular weight is 505 g/mol. The van der Waals surface area contributed by atoms with Gasteiger partial charge in [-0.3, -0.25) is 4.79 Å². The number of carbonyl (C=O) groups excluding carboxylic acids is 1. The molecule has 0 bridgehead atoms. The fourth-order valence-electron chi connectivity index (χ4n) is 5.58. The Labute approximate surface area is 210 Å². The zero-order chi connectivity index (χ0) is 24.8. The Morgan fingerprint density at radius 2 is 2.03 bits per heavy atom. The van der Waals surface area contributed by atoms with E-state index in [0.29, 0.717) is 22.1 Å². The van der Waals surface area contributed by atoms with Crippen molar-refractivity contribution in [3.8, 4) is 16.9 Å². The maximum absolute atomic E-state index is 14.4. The molecule has 0 aliphatic heterocycles. The maximum Gasteiger partial charge on any atom is 0.224 e. The number of fused-ring (bicyclic) bond motifs is 1. The summed E-state index contributed by atoms with van der Waals surface area (Å²) in [6.45, 7) is 0. The molecule has 2 aliphatic carbocycles. The molecule has 3 atom stereocenters. The number of benzene rings is 1. The van der Waals surface area contributed by atoms with Gasteiger partial charge in [-0.15, -0.1) is 5.10 Å². The van der Waals surface area contributed by atoms with E-state index in [9.17, 15) is 9.18 Å². The third-order valence-electron chi connectivity index (χ3n) is 7.23. The number of hydrogen-bond acceptors (Lipinski definition) is 7. The van der Waals surface area contributed by atoms with Crippen LogP contribution in [0.25, 0.3) is 22.5 Å². The van der Waals surface area contributed by atoms with Crippen LogP contribution in [0.4, 0.5) is 10.2 Å². The quantitative estimate of drug-likeness (QED) is 0.394. The van der Waals surface area contributed by atoms with Crippen molar-refractivity contribution in [3.05, 3.63) is 71.3 Å². The van der Waals surface area contributed by atoms with Crippen molar-refractivity contribution in [1.82, 2.24) is 35.2 Å². The van der Waals surface area contributed by atoms with Crippen LogP contribution in [-0.2, 0) is 4.79 Å². The Morgan fingerprint density at radius 1 is 1.14 bits per heavy atom. The first-order valence-electron chi connectivity index (χ1n) is 11.7. The van der Waals surface area contributed by atoms with Crippen LogP contribution < -0.4 is 5.73 Å². The molecule has 11 heteroatoms. The van der Waals surface area contributed by atoms with Gasteiger partial charge in [0.2, 0.25) is 5.95 Å². The number of nitrogens with two attached hydrogens (primary N) is 1. The van der Waals surface area contributed by atoms with Gasteiger partial charge in [0.15, 0.2) is 5.78 Å². The molecule has 9 nitrogen and oxygen atoms in total. The highest BCUT2D eigenvalue weighted by atomic mass is 35.5. The second-order valence-electron chi connectivity index (χ2n) is 9.25. The first-order chi connectivity index (χ1) is 17.5. The average Bonchev–Trinajstić information content (AvgIpc) is 3.61. The largest absolute Gasteiger partial charge is 0.384 e. The van der Waals surface area contributed by atoms with Crippen LogP contribution in [0.2, 0.25) is 5.02 Å². The van der Waals surface area contributed by atoms with Crippen molar-refractivity contribution in [2.75, 3.05) is 5.73 Å². The Hall–Kier alpha value is -3.92. The van der Waals surface area contributed by atoms with Crippen LogP contribution in [-0.4, -0.2) is 40.9 Å². The van der Waals surface area contributed by atoms with E-state index < -0.39 is 5.95 Å². The van der Waals surface area contributed by atoms with E-state index in [1.165, 1.54) is 6.33 Å². The lowest BCUT2D eigenvalue weighted by Gasteiger charge is -2.19. The Balaban J connectivity index is 1.32. The third-order valence-corrected chi connectivity index (χ3v) is 7.46. The zero-order valence-electron chi connectivity index (χ0n) is 19.1. The molecule has 3 aromatic heterocycles. The van der Waals surface area contributed by atoms with E-state index in [2.05, 4.69) is 30.5 Å². The van der Waals surface area contributed by atoms with E-state index in [1.54, 1.807) is 35.2 Å². The number of tetrazole rings is 1. The van der Waals surface area contributed by atoms with Gasteiger partial charge in [0.25, 0.3) is 0 Å². The lowest BCUT2D eigenvalue weighted by atomic mass is 9.84. The van der Waals surface area contributed by atoms with Crippen molar-refractivity contribution >= 4 is 28.8 Å². The molecule has 1 aromatic carbocycles. The Morgan fingerprint density at radius 3 is 2.83 bits per heavy atom. The first kappa shape index (κ1) is 22.5. The van der Waals surface area contributed by atoms with Gasteiger partial charge in [0.05, 0.1) is 23.1 Å². The zero-order valence-corrected chi connectivity index (χ0v) is 19.9. The summed E-state index contributed by atoms with van der Waals surface area (Å²) in [5.74, 6) is 0.167. The number of aromatic amines is 1. The third kappa shape index (κ3) is 3.97. The number of anilines is 1. The van der Waals surface area contributed by atoms with Crippen molar-refractivity contribution < 1.29 is 9.18 Å². The number of nitrogens with one attached hydrogen (secondary N) is 1. The Bertz CT molecular complexity index is 1480. The van der Waals surface area contributed by atoms with E-state index in [4.69, 9.17) is 17.3 Å². The molecule has 6 rings (SSSR count). The maximum atomic E-state index is 14.4. The minimum atomic E-state index is -0.660. The summed E-state index contributed by atoms with van der Waals surface area (Å²) in [6.07, 6.45) is 8.22. The van der Waals surface area contributed by atoms with Gasteiger partial charge >= 0.3 is 0 Å². The number of allylic oxidation sites excluding steroid dienone is 2. The van der Waals surface area contributed by atoms with Gasteiger partial charge < -0.3 is 10.7 Å². The number of H-pyrrole nitrogens is 1. The second kappa shape index (κ2) is 8.94. The number of aromatic nitrogens is 7. The van der Waals surface area contributed by atoms with E-state index in [1.807, 2.05) is 12.1 Å². The number of imidazole rings is 1. The van der Waals surface area contributed by atoms with Crippen molar-refractivity contribution in [1.29, 1.82) is 0 Å². The van der Waals surface area contributed by atoms with Crippen LogP contribution >= 0.6 is 11.6 Å². The topological polar surface area (TPSA) is 128 Å². The Kier molecular flexibility index (Phi) is 5.60. The predicted molar refractivity (Wildman–Crippen MR) is 132 cm³/mol. The lowest BCUT2D eigenvalue weighted by Crippen LogP contribution is -2.22. The SMILES string of the molecule is Nc1ccc(-c2cnc([C@H]3CC[C@@H]4CCC(c5cc(Cl)ccc5-n5cnnn5)=CC(=O)C43)[nH]2)c(F)n1. The smallest absolute Gasteiger partial charge is 0.224 e. The van der Waals surface area contributed by atoms with Gasteiger partial charge in [-0.05, 0) is 84.0 Å². The van der Waals surface area contributed by atoms with Gasteiger partial charge in [-0.25, -0.2) is 9.97 Å². The molecule has 0 spiro atoms. The summed E-state index contributed by atoms with van der Waals surface area (Å²) in [4.78, 5) is 25.1. The molecule has 2 aliphatic rings. The summed E-state index contributed by atoms with van der Waals surface area (Å²) >= 11 is 6.32. The van der Waals surface area contributed by atoms with Crippen LogP contribution in [0, 0.1) is 17.8 Å². The molecule has 1 saturated carbocycles. The standard InChI is InChI=1S/C25H22ClFN8O/c26-15-4-7-20(35-12-30-33-34-35)18(10-15)14-2-1-13-3-5-17(23(13)21(36)9-14)25-29-11-19(31-25)16-6-8-22(28)32-24(16)27/h4,6-13,17,23H,1-3,5H2,(H2,28,32)(H,29,31)/t13-,17-,23?/m0/s1. The van der Waals surface area contributed by atoms with Gasteiger partial charge in [-0.1, -0.05) is 11.6 Å². The van der Waals surface area contributed by atoms with Crippen LogP contribution in [0.15, 0.2) is 48.9 Å². The number of halogens is 2.